The Kier molecular flexibility index (Phi) is 3.83. The van der Waals surface area contributed by atoms with Crippen molar-refractivity contribution in [3.8, 4) is 0 Å². The summed E-state index contributed by atoms with van der Waals surface area (Å²) < 4.78 is 13.6. The second-order valence-electron chi connectivity index (χ2n) is 3.94. The van der Waals surface area contributed by atoms with Crippen LogP contribution in [0.3, 0.4) is 0 Å². The Labute approximate surface area is 118 Å². The smallest absolute Gasteiger partial charge is 0.195 e. The first kappa shape index (κ1) is 13.2. The Hall–Kier alpha value is -1.19. The highest BCUT2D eigenvalue weighted by Crippen LogP contribution is 2.25. The standard InChI is InChI=1S/C14H9BrClFO/c1-8-2-4-10(12(15)6-8)14(18)11-5-3-9(17)7-13(11)16/h2-7H,1H3. The molecule has 0 aliphatic heterocycles. The van der Waals surface area contributed by atoms with Gasteiger partial charge in [0.2, 0.25) is 0 Å². The Bertz CT molecular complexity index is 572. The summed E-state index contributed by atoms with van der Waals surface area (Å²) in [6.07, 6.45) is 0. The molecule has 0 radical (unpaired) electrons. The van der Waals surface area contributed by atoms with Crippen molar-refractivity contribution in [3.05, 3.63) is 68.4 Å². The van der Waals surface area contributed by atoms with Crippen LogP contribution in [0.15, 0.2) is 40.9 Å². The van der Waals surface area contributed by atoms with E-state index in [1.165, 1.54) is 12.1 Å². The van der Waals surface area contributed by atoms with E-state index < -0.39 is 5.82 Å². The van der Waals surface area contributed by atoms with E-state index in [0.29, 0.717) is 15.6 Å². The van der Waals surface area contributed by atoms with Crippen molar-refractivity contribution in [2.75, 3.05) is 0 Å². The Morgan fingerprint density at radius 3 is 2.44 bits per heavy atom. The molecule has 92 valence electrons. The Balaban J connectivity index is 2.48. The zero-order valence-electron chi connectivity index (χ0n) is 9.51. The van der Waals surface area contributed by atoms with Gasteiger partial charge in [0.25, 0.3) is 0 Å². The fraction of sp³-hybridized carbons (Fsp3) is 0.0714. The molecule has 0 unspecified atom stereocenters. The first-order valence-electron chi connectivity index (χ1n) is 5.25. The van der Waals surface area contributed by atoms with Crippen molar-refractivity contribution in [1.29, 1.82) is 0 Å². The summed E-state index contributed by atoms with van der Waals surface area (Å²) in [6, 6.07) is 9.17. The highest BCUT2D eigenvalue weighted by atomic mass is 79.9. The quantitative estimate of drug-likeness (QED) is 0.725. The molecule has 0 atom stereocenters. The number of benzene rings is 2. The monoisotopic (exact) mass is 326 g/mol. The lowest BCUT2D eigenvalue weighted by atomic mass is 10.0. The van der Waals surface area contributed by atoms with Crippen LogP contribution in [-0.2, 0) is 0 Å². The number of hydrogen-bond donors (Lipinski definition) is 0. The summed E-state index contributed by atoms with van der Waals surface area (Å²) in [7, 11) is 0. The molecule has 1 nitrogen and oxygen atoms in total. The molecule has 2 aromatic rings. The van der Waals surface area contributed by atoms with Gasteiger partial charge in [-0.2, -0.15) is 0 Å². The first-order valence-corrected chi connectivity index (χ1v) is 6.42. The lowest BCUT2D eigenvalue weighted by molar-refractivity contribution is 0.103. The van der Waals surface area contributed by atoms with E-state index in [1.807, 2.05) is 19.1 Å². The molecule has 0 aliphatic carbocycles. The van der Waals surface area contributed by atoms with Crippen LogP contribution < -0.4 is 0 Å². The van der Waals surface area contributed by atoms with E-state index >= 15 is 0 Å². The number of carbonyl (C=O) groups excluding carboxylic acids is 1. The molecule has 0 saturated carbocycles. The second-order valence-corrected chi connectivity index (χ2v) is 5.20. The lowest BCUT2D eigenvalue weighted by Crippen LogP contribution is -2.03. The molecule has 2 aromatic carbocycles. The zero-order valence-corrected chi connectivity index (χ0v) is 11.8. The molecule has 0 bridgehead atoms. The largest absolute Gasteiger partial charge is 0.289 e. The average molecular weight is 328 g/mol. The molecule has 0 saturated heterocycles. The predicted molar refractivity (Wildman–Crippen MR) is 73.7 cm³/mol. The highest BCUT2D eigenvalue weighted by Gasteiger charge is 2.16. The Morgan fingerprint density at radius 2 is 1.83 bits per heavy atom. The maximum absolute atomic E-state index is 12.9. The van der Waals surface area contributed by atoms with E-state index in [-0.39, 0.29) is 10.8 Å². The van der Waals surface area contributed by atoms with Gasteiger partial charge in [-0.05, 0) is 42.8 Å². The van der Waals surface area contributed by atoms with Crippen molar-refractivity contribution in [1.82, 2.24) is 0 Å². The topological polar surface area (TPSA) is 17.1 Å². The third kappa shape index (κ3) is 2.62. The molecule has 18 heavy (non-hydrogen) atoms. The van der Waals surface area contributed by atoms with E-state index in [0.717, 1.165) is 11.6 Å². The molecule has 4 heteroatoms. The SMILES string of the molecule is Cc1ccc(C(=O)c2ccc(F)cc2Cl)c(Br)c1. The third-order valence-corrected chi connectivity index (χ3v) is 3.51. The third-order valence-electron chi connectivity index (χ3n) is 2.54. The minimum atomic E-state index is -0.459. The van der Waals surface area contributed by atoms with Gasteiger partial charge in [-0.1, -0.05) is 33.6 Å². The van der Waals surface area contributed by atoms with Gasteiger partial charge in [0.1, 0.15) is 5.82 Å². The highest BCUT2D eigenvalue weighted by molar-refractivity contribution is 9.10. The molecule has 0 fully saturated rings. The summed E-state index contributed by atoms with van der Waals surface area (Å²) in [5.41, 5.74) is 1.85. The summed E-state index contributed by atoms with van der Waals surface area (Å²) in [5.74, 6) is -0.689. The minimum absolute atomic E-state index is 0.118. The lowest BCUT2D eigenvalue weighted by Gasteiger charge is -2.06. The van der Waals surface area contributed by atoms with Crippen LogP contribution in [0.4, 0.5) is 4.39 Å². The van der Waals surface area contributed by atoms with Crippen LogP contribution >= 0.6 is 27.5 Å². The molecular weight excluding hydrogens is 319 g/mol. The molecule has 2 rings (SSSR count). The van der Waals surface area contributed by atoms with Gasteiger partial charge in [0.05, 0.1) is 5.02 Å². The molecule has 0 heterocycles. The first-order chi connectivity index (χ1) is 8.49. The van der Waals surface area contributed by atoms with Crippen LogP contribution in [0.1, 0.15) is 21.5 Å². The van der Waals surface area contributed by atoms with Crippen LogP contribution in [0.5, 0.6) is 0 Å². The number of aryl methyl sites for hydroxylation is 1. The molecule has 0 amide bonds. The zero-order chi connectivity index (χ0) is 13.3. The number of hydrogen-bond acceptors (Lipinski definition) is 1. The van der Waals surface area contributed by atoms with E-state index in [2.05, 4.69) is 15.9 Å². The van der Waals surface area contributed by atoms with Crippen LogP contribution in [-0.4, -0.2) is 5.78 Å². The fourth-order valence-electron chi connectivity index (χ4n) is 1.62. The van der Waals surface area contributed by atoms with Crippen LogP contribution in [0.2, 0.25) is 5.02 Å². The maximum atomic E-state index is 12.9. The number of ketones is 1. The van der Waals surface area contributed by atoms with Gasteiger partial charge >= 0.3 is 0 Å². The average Bonchev–Trinajstić information content (AvgIpc) is 2.28. The van der Waals surface area contributed by atoms with E-state index in [4.69, 9.17) is 11.6 Å². The maximum Gasteiger partial charge on any atom is 0.195 e. The fourth-order valence-corrected chi connectivity index (χ4v) is 2.55. The molecule has 0 aromatic heterocycles. The number of halogens is 3. The van der Waals surface area contributed by atoms with Crippen molar-refractivity contribution in [2.24, 2.45) is 0 Å². The second kappa shape index (κ2) is 5.21. The van der Waals surface area contributed by atoms with E-state index in [1.54, 1.807) is 6.07 Å². The van der Waals surface area contributed by atoms with Crippen LogP contribution in [0.25, 0.3) is 0 Å². The summed E-state index contributed by atoms with van der Waals surface area (Å²) in [6.45, 7) is 1.93. The summed E-state index contributed by atoms with van der Waals surface area (Å²) >= 11 is 9.23. The summed E-state index contributed by atoms with van der Waals surface area (Å²) in [4.78, 5) is 12.3. The van der Waals surface area contributed by atoms with Crippen molar-refractivity contribution >= 4 is 33.3 Å². The van der Waals surface area contributed by atoms with Gasteiger partial charge in [0, 0.05) is 15.6 Å². The van der Waals surface area contributed by atoms with Crippen LogP contribution in [0, 0.1) is 12.7 Å². The normalized spacial score (nSPS) is 10.4. The summed E-state index contributed by atoms with van der Waals surface area (Å²) in [5, 5.41) is 0.118. The molecule has 0 N–H and O–H groups in total. The molecular formula is C14H9BrClFO. The van der Waals surface area contributed by atoms with Gasteiger partial charge < -0.3 is 0 Å². The number of rotatable bonds is 2. The van der Waals surface area contributed by atoms with Gasteiger partial charge in [0.15, 0.2) is 5.78 Å². The van der Waals surface area contributed by atoms with Gasteiger partial charge in [-0.3, -0.25) is 4.79 Å². The number of carbonyl (C=O) groups is 1. The van der Waals surface area contributed by atoms with Crippen molar-refractivity contribution in [2.45, 2.75) is 6.92 Å². The van der Waals surface area contributed by atoms with Crippen molar-refractivity contribution in [3.63, 3.8) is 0 Å². The van der Waals surface area contributed by atoms with Gasteiger partial charge in [-0.15, -0.1) is 0 Å². The predicted octanol–water partition coefficient (Wildman–Crippen LogP) is 4.78. The van der Waals surface area contributed by atoms with Crippen molar-refractivity contribution < 1.29 is 9.18 Å². The van der Waals surface area contributed by atoms with Gasteiger partial charge in [-0.25, -0.2) is 4.39 Å². The van der Waals surface area contributed by atoms with E-state index in [9.17, 15) is 9.18 Å². The molecule has 0 spiro atoms. The molecule has 0 aliphatic rings. The minimum Gasteiger partial charge on any atom is -0.289 e. The Morgan fingerprint density at radius 1 is 1.17 bits per heavy atom.